The van der Waals surface area contributed by atoms with Crippen LogP contribution in [0.1, 0.15) is 12.0 Å². The molecule has 0 saturated carbocycles. The van der Waals surface area contributed by atoms with Gasteiger partial charge in [0.2, 0.25) is 5.91 Å². The third-order valence-corrected chi connectivity index (χ3v) is 5.51. The molecule has 0 aliphatic carbocycles. The van der Waals surface area contributed by atoms with Crippen molar-refractivity contribution in [2.75, 3.05) is 18.4 Å². The topological polar surface area (TPSA) is 129 Å². The molecule has 2 aromatic rings. The van der Waals surface area contributed by atoms with Gasteiger partial charge in [-0.2, -0.15) is 26.3 Å². The second-order valence-electron chi connectivity index (χ2n) is 8.30. The van der Waals surface area contributed by atoms with Crippen molar-refractivity contribution in [1.29, 1.82) is 0 Å². The zero-order chi connectivity index (χ0) is 29.4. The molecule has 2 bridgehead atoms. The van der Waals surface area contributed by atoms with Gasteiger partial charge in [0, 0.05) is 30.9 Å². The van der Waals surface area contributed by atoms with E-state index in [1.165, 1.54) is 5.56 Å². The lowest BCUT2D eigenvalue weighted by atomic mass is 9.99. The number of rotatable bonds is 4. The highest BCUT2D eigenvalue weighted by Gasteiger charge is 2.44. The van der Waals surface area contributed by atoms with Crippen LogP contribution in [0.15, 0.2) is 48.8 Å². The molecular weight excluding hydrogens is 564 g/mol. The van der Waals surface area contributed by atoms with Crippen LogP contribution in [0.25, 0.3) is 0 Å². The first-order valence-corrected chi connectivity index (χ1v) is 11.4. The van der Waals surface area contributed by atoms with Gasteiger partial charge in [0.25, 0.3) is 0 Å². The minimum atomic E-state index is -5.08. The highest BCUT2D eigenvalue weighted by atomic mass is 35.5. The molecule has 3 atom stereocenters. The molecule has 3 N–H and O–H groups in total. The quantitative estimate of drug-likeness (QED) is 0.455. The number of ether oxygens (including phenoxy) is 1. The van der Waals surface area contributed by atoms with Crippen LogP contribution in [-0.2, 0) is 25.7 Å². The zero-order valence-electron chi connectivity index (χ0n) is 19.7. The average Bonchev–Trinajstić information content (AvgIpc) is 3.13. The number of aromatic nitrogens is 1. The van der Waals surface area contributed by atoms with E-state index in [0.717, 1.165) is 36.8 Å². The summed E-state index contributed by atoms with van der Waals surface area (Å²) in [4.78, 5) is 36.8. The molecule has 39 heavy (non-hydrogen) atoms. The van der Waals surface area contributed by atoms with Crippen LogP contribution in [-0.4, -0.2) is 75.6 Å². The number of pyridine rings is 1. The second-order valence-corrected chi connectivity index (χ2v) is 8.74. The van der Waals surface area contributed by atoms with Gasteiger partial charge in [0.15, 0.2) is 0 Å². The number of anilines is 1. The number of hydrogen-bond acceptors (Lipinski definition) is 6. The number of likely N-dealkylation sites (tertiary alicyclic amines) is 1. The van der Waals surface area contributed by atoms with Gasteiger partial charge in [0.05, 0.1) is 30.0 Å². The summed E-state index contributed by atoms with van der Waals surface area (Å²) in [7, 11) is 0. The van der Waals surface area contributed by atoms with Crippen LogP contribution in [0.4, 0.5) is 32.0 Å². The minimum Gasteiger partial charge on any atom is -0.475 e. The first-order chi connectivity index (χ1) is 18.1. The number of carboxylic acids is 2. The van der Waals surface area contributed by atoms with Crippen molar-refractivity contribution in [3.63, 3.8) is 0 Å². The number of aliphatic carboxylic acids is 2. The number of carboxylic acid groups (broad SMARTS) is 2. The summed E-state index contributed by atoms with van der Waals surface area (Å²) in [6.07, 6.45) is -6.00. The van der Waals surface area contributed by atoms with E-state index >= 15 is 0 Å². The molecular formula is C23H22ClF6N3O6. The normalized spacial score (nSPS) is 20.5. The van der Waals surface area contributed by atoms with Gasteiger partial charge in [-0.3, -0.25) is 14.7 Å². The maximum atomic E-state index is 12.6. The van der Waals surface area contributed by atoms with Gasteiger partial charge in [-0.05, 0) is 36.2 Å². The molecule has 3 heterocycles. The molecule has 3 unspecified atom stereocenters. The van der Waals surface area contributed by atoms with E-state index in [4.69, 9.17) is 36.1 Å². The molecule has 4 rings (SSSR count). The highest BCUT2D eigenvalue weighted by Crippen LogP contribution is 2.33. The Labute approximate surface area is 222 Å². The largest absolute Gasteiger partial charge is 0.490 e. The van der Waals surface area contributed by atoms with Gasteiger partial charge in [-0.15, -0.1) is 0 Å². The van der Waals surface area contributed by atoms with Crippen molar-refractivity contribution in [2.45, 2.75) is 37.5 Å². The molecule has 214 valence electrons. The third kappa shape index (κ3) is 10.7. The number of hydrogen-bond donors (Lipinski definition) is 3. The predicted molar refractivity (Wildman–Crippen MR) is 124 cm³/mol. The summed E-state index contributed by atoms with van der Waals surface area (Å²) in [5, 5.41) is 18.0. The predicted octanol–water partition coefficient (Wildman–Crippen LogP) is 4.23. The maximum Gasteiger partial charge on any atom is 0.490 e. The van der Waals surface area contributed by atoms with E-state index in [-0.39, 0.29) is 24.0 Å². The Hall–Kier alpha value is -3.43. The zero-order valence-corrected chi connectivity index (χ0v) is 20.5. The number of amides is 1. The third-order valence-electron chi connectivity index (χ3n) is 5.28. The van der Waals surface area contributed by atoms with Crippen molar-refractivity contribution in [3.8, 4) is 0 Å². The minimum absolute atomic E-state index is 0.0186. The van der Waals surface area contributed by atoms with E-state index in [1.54, 1.807) is 12.4 Å². The van der Waals surface area contributed by atoms with Gasteiger partial charge in [-0.25, -0.2) is 9.59 Å². The van der Waals surface area contributed by atoms with E-state index in [0.29, 0.717) is 0 Å². The molecule has 0 radical (unpaired) electrons. The molecule has 2 saturated heterocycles. The number of fused-ring (bicyclic) bond motifs is 2. The van der Waals surface area contributed by atoms with Crippen molar-refractivity contribution in [2.24, 2.45) is 5.92 Å². The van der Waals surface area contributed by atoms with E-state index in [1.807, 2.05) is 30.3 Å². The number of morpholine rings is 1. The summed E-state index contributed by atoms with van der Waals surface area (Å²) < 4.78 is 69.5. The maximum absolute atomic E-state index is 12.6. The smallest absolute Gasteiger partial charge is 0.475 e. The Morgan fingerprint density at radius 2 is 1.64 bits per heavy atom. The molecule has 1 aromatic heterocycles. The van der Waals surface area contributed by atoms with Crippen LogP contribution in [0.3, 0.4) is 0 Å². The van der Waals surface area contributed by atoms with Crippen molar-refractivity contribution < 1.29 is 55.7 Å². The fraction of sp³-hybridized carbons (Fsp3) is 0.391. The Morgan fingerprint density at radius 3 is 2.15 bits per heavy atom. The number of nitrogens with zero attached hydrogens (tertiary/aromatic N) is 2. The summed E-state index contributed by atoms with van der Waals surface area (Å²) in [5.74, 6) is -5.61. The number of halogens is 7. The van der Waals surface area contributed by atoms with Crippen LogP contribution >= 0.6 is 11.6 Å². The summed E-state index contributed by atoms with van der Waals surface area (Å²) in [6.45, 7) is 2.43. The molecule has 9 nitrogen and oxygen atoms in total. The summed E-state index contributed by atoms with van der Waals surface area (Å²) in [5.41, 5.74) is 1.91. The average molecular weight is 586 g/mol. The van der Waals surface area contributed by atoms with Crippen molar-refractivity contribution in [1.82, 2.24) is 9.88 Å². The van der Waals surface area contributed by atoms with E-state index in [2.05, 4.69) is 21.3 Å². The van der Waals surface area contributed by atoms with Crippen molar-refractivity contribution in [3.05, 3.63) is 59.4 Å². The van der Waals surface area contributed by atoms with Crippen molar-refractivity contribution >= 4 is 35.1 Å². The fourth-order valence-electron chi connectivity index (χ4n) is 3.71. The van der Waals surface area contributed by atoms with Crippen LogP contribution in [0.5, 0.6) is 0 Å². The number of benzene rings is 1. The second kappa shape index (κ2) is 13.6. The fourth-order valence-corrected chi connectivity index (χ4v) is 3.92. The van der Waals surface area contributed by atoms with E-state index < -0.39 is 24.3 Å². The standard InChI is InChI=1S/C19H20ClN3O2.2C2HF3O2/c20-14-4-1-3-13(7-14)10-23-11-16-8-17(18(12-23)25-16)19(24)22-15-5-2-6-21-9-15;2*3-2(4,5)1(6)7/h1-7,9,16-18H,8,10-12H2,(H,22,24);2*(H,6,7). The Balaban J connectivity index is 0.000000317. The highest BCUT2D eigenvalue weighted by molar-refractivity contribution is 6.30. The van der Waals surface area contributed by atoms with Gasteiger partial charge in [-0.1, -0.05) is 23.7 Å². The lowest BCUT2D eigenvalue weighted by Crippen LogP contribution is -2.44. The lowest BCUT2D eigenvalue weighted by molar-refractivity contribution is -0.193. The molecule has 2 aliphatic rings. The Bertz CT molecular complexity index is 1110. The summed E-state index contributed by atoms with van der Waals surface area (Å²) in [6, 6.07) is 11.6. The molecule has 2 fully saturated rings. The number of carbonyl (C=O) groups is 3. The number of alkyl halides is 6. The van der Waals surface area contributed by atoms with Crippen LogP contribution in [0.2, 0.25) is 5.02 Å². The molecule has 1 aromatic carbocycles. The molecule has 0 spiro atoms. The molecule has 16 heteroatoms. The number of carbonyl (C=O) groups excluding carboxylic acids is 1. The molecule has 1 amide bonds. The van der Waals surface area contributed by atoms with Gasteiger partial charge in [0.1, 0.15) is 0 Å². The Kier molecular flexibility index (Phi) is 11.1. The van der Waals surface area contributed by atoms with E-state index in [9.17, 15) is 31.1 Å². The SMILES string of the molecule is O=C(Nc1cccnc1)C1CC2CN(Cc3cccc(Cl)c3)CC1O2.O=C(O)C(F)(F)F.O=C(O)C(F)(F)F. The van der Waals surface area contributed by atoms with Gasteiger partial charge < -0.3 is 20.3 Å². The van der Waals surface area contributed by atoms with Crippen LogP contribution < -0.4 is 5.32 Å². The number of nitrogens with one attached hydrogen (secondary N) is 1. The first kappa shape index (κ1) is 31.8. The summed E-state index contributed by atoms with van der Waals surface area (Å²) >= 11 is 6.07. The first-order valence-electron chi connectivity index (χ1n) is 11.0. The lowest BCUT2D eigenvalue weighted by Gasteiger charge is -2.32. The Morgan fingerprint density at radius 1 is 1.03 bits per heavy atom. The van der Waals surface area contributed by atoms with Gasteiger partial charge >= 0.3 is 24.3 Å². The van der Waals surface area contributed by atoms with Crippen LogP contribution in [0, 0.1) is 5.92 Å². The molecule has 2 aliphatic heterocycles. The monoisotopic (exact) mass is 585 g/mol.